The standard InChI is InChI=1S/C24H22N4O2S2/c1-16-5-2-7-18(11-16)27-24(30)28-19-8-3-6-17(12-19)14-25-22(29)13-20-15-32-23(26-20)21-9-4-10-31-21/h2-12,15H,13-14H2,1H3,(H,25,29)(H2,27,28,30). The Morgan fingerprint density at radius 3 is 2.47 bits per heavy atom. The Kier molecular flexibility index (Phi) is 6.94. The van der Waals surface area contributed by atoms with Crippen LogP contribution in [0.15, 0.2) is 71.4 Å². The molecule has 0 spiro atoms. The molecule has 2 aromatic carbocycles. The summed E-state index contributed by atoms with van der Waals surface area (Å²) in [6, 6.07) is 18.7. The van der Waals surface area contributed by atoms with E-state index >= 15 is 0 Å². The zero-order chi connectivity index (χ0) is 22.3. The molecular formula is C24H22N4O2S2. The fraction of sp³-hybridized carbons (Fsp3) is 0.125. The van der Waals surface area contributed by atoms with Crippen molar-refractivity contribution >= 4 is 46.0 Å². The number of nitrogens with zero attached hydrogens (tertiary/aromatic N) is 1. The molecule has 2 aromatic heterocycles. The van der Waals surface area contributed by atoms with Gasteiger partial charge in [-0.25, -0.2) is 9.78 Å². The molecule has 0 atom stereocenters. The number of urea groups is 1. The third kappa shape index (κ3) is 6.03. The molecule has 6 nitrogen and oxygen atoms in total. The molecule has 3 amide bonds. The maximum absolute atomic E-state index is 12.4. The molecule has 0 radical (unpaired) electrons. The van der Waals surface area contributed by atoms with Crippen molar-refractivity contribution in [1.82, 2.24) is 10.3 Å². The number of thiophene rings is 1. The quantitative estimate of drug-likeness (QED) is 0.330. The van der Waals surface area contributed by atoms with Gasteiger partial charge in [-0.3, -0.25) is 4.79 Å². The first-order chi connectivity index (χ1) is 15.5. The van der Waals surface area contributed by atoms with E-state index in [1.165, 1.54) is 0 Å². The molecule has 0 aliphatic rings. The van der Waals surface area contributed by atoms with Crippen LogP contribution in [0.2, 0.25) is 0 Å². The van der Waals surface area contributed by atoms with Crippen LogP contribution in [0.1, 0.15) is 16.8 Å². The van der Waals surface area contributed by atoms with Crippen molar-refractivity contribution < 1.29 is 9.59 Å². The first-order valence-electron chi connectivity index (χ1n) is 10.0. The number of amides is 3. The lowest BCUT2D eigenvalue weighted by molar-refractivity contribution is -0.120. The Hall–Kier alpha value is -3.49. The topological polar surface area (TPSA) is 83.1 Å². The molecule has 8 heteroatoms. The number of aryl methyl sites for hydroxylation is 1. The van der Waals surface area contributed by atoms with Crippen LogP contribution < -0.4 is 16.0 Å². The zero-order valence-electron chi connectivity index (χ0n) is 17.4. The van der Waals surface area contributed by atoms with Gasteiger partial charge >= 0.3 is 6.03 Å². The number of rotatable bonds is 7. The summed E-state index contributed by atoms with van der Waals surface area (Å²) in [4.78, 5) is 30.3. The number of anilines is 2. The van der Waals surface area contributed by atoms with Crippen molar-refractivity contribution in [1.29, 1.82) is 0 Å². The molecule has 0 aliphatic heterocycles. The van der Waals surface area contributed by atoms with E-state index in [1.54, 1.807) is 22.7 Å². The molecule has 0 aliphatic carbocycles. The fourth-order valence-corrected chi connectivity index (χ4v) is 4.74. The first kappa shape index (κ1) is 21.7. The summed E-state index contributed by atoms with van der Waals surface area (Å²) in [5.74, 6) is -0.0939. The number of benzene rings is 2. The molecule has 0 saturated heterocycles. The molecule has 32 heavy (non-hydrogen) atoms. The zero-order valence-corrected chi connectivity index (χ0v) is 19.1. The van der Waals surface area contributed by atoms with Gasteiger partial charge in [0.15, 0.2) is 0 Å². The molecule has 4 rings (SSSR count). The van der Waals surface area contributed by atoms with Crippen LogP contribution in [-0.2, 0) is 17.8 Å². The summed E-state index contributed by atoms with van der Waals surface area (Å²) in [6.45, 7) is 2.34. The minimum atomic E-state index is -0.318. The Bertz CT molecular complexity index is 1220. The number of aromatic nitrogens is 1. The van der Waals surface area contributed by atoms with Crippen LogP contribution in [0.25, 0.3) is 9.88 Å². The lowest BCUT2D eigenvalue weighted by atomic mass is 10.2. The molecule has 4 aromatic rings. The van der Waals surface area contributed by atoms with E-state index in [0.29, 0.717) is 12.2 Å². The van der Waals surface area contributed by atoms with Gasteiger partial charge in [-0.2, -0.15) is 0 Å². The lowest BCUT2D eigenvalue weighted by Gasteiger charge is -2.10. The summed E-state index contributed by atoms with van der Waals surface area (Å²) in [7, 11) is 0. The van der Waals surface area contributed by atoms with Gasteiger partial charge in [-0.1, -0.05) is 30.3 Å². The summed E-state index contributed by atoms with van der Waals surface area (Å²) >= 11 is 3.18. The summed E-state index contributed by atoms with van der Waals surface area (Å²) < 4.78 is 0. The van der Waals surface area contributed by atoms with E-state index in [4.69, 9.17) is 0 Å². The van der Waals surface area contributed by atoms with Crippen LogP contribution in [0.4, 0.5) is 16.2 Å². The van der Waals surface area contributed by atoms with Gasteiger partial charge in [0.05, 0.1) is 17.0 Å². The monoisotopic (exact) mass is 462 g/mol. The van der Waals surface area contributed by atoms with Crippen molar-refractivity contribution in [3.05, 3.63) is 88.2 Å². The maximum Gasteiger partial charge on any atom is 0.323 e. The second kappa shape index (κ2) is 10.2. The lowest BCUT2D eigenvalue weighted by Crippen LogP contribution is -2.25. The normalized spacial score (nSPS) is 10.5. The average molecular weight is 463 g/mol. The molecule has 162 valence electrons. The van der Waals surface area contributed by atoms with Gasteiger partial charge in [0, 0.05) is 23.3 Å². The second-order valence-electron chi connectivity index (χ2n) is 7.22. The Morgan fingerprint density at radius 2 is 1.72 bits per heavy atom. The third-order valence-corrected chi connectivity index (χ3v) is 6.51. The van der Waals surface area contributed by atoms with Crippen LogP contribution >= 0.6 is 22.7 Å². The highest BCUT2D eigenvalue weighted by atomic mass is 32.1. The molecule has 2 heterocycles. The van der Waals surface area contributed by atoms with E-state index in [2.05, 4.69) is 20.9 Å². The van der Waals surface area contributed by atoms with Gasteiger partial charge in [-0.15, -0.1) is 22.7 Å². The maximum atomic E-state index is 12.4. The molecule has 0 saturated carbocycles. The Morgan fingerprint density at radius 1 is 0.938 bits per heavy atom. The predicted octanol–water partition coefficient (Wildman–Crippen LogP) is 5.68. The Balaban J connectivity index is 1.28. The molecular weight excluding hydrogens is 440 g/mol. The van der Waals surface area contributed by atoms with Crippen LogP contribution in [0.5, 0.6) is 0 Å². The highest BCUT2D eigenvalue weighted by Gasteiger charge is 2.10. The molecule has 0 fully saturated rings. The van der Waals surface area contributed by atoms with Gasteiger partial charge in [-0.05, 0) is 53.8 Å². The predicted molar refractivity (Wildman–Crippen MR) is 131 cm³/mol. The van der Waals surface area contributed by atoms with Crippen LogP contribution in [0, 0.1) is 6.92 Å². The van der Waals surface area contributed by atoms with E-state index in [9.17, 15) is 9.59 Å². The van der Waals surface area contributed by atoms with Crippen molar-refractivity contribution in [2.24, 2.45) is 0 Å². The number of carbonyl (C=O) groups is 2. The Labute approximate surface area is 194 Å². The first-order valence-corrected chi connectivity index (χ1v) is 11.8. The SMILES string of the molecule is Cc1cccc(NC(=O)Nc2cccc(CNC(=O)Cc3csc(-c4cccs4)n3)c2)c1. The van der Waals surface area contributed by atoms with Crippen molar-refractivity contribution in [2.45, 2.75) is 19.9 Å². The molecule has 3 N–H and O–H groups in total. The minimum absolute atomic E-state index is 0.0939. The highest BCUT2D eigenvalue weighted by Crippen LogP contribution is 2.27. The van der Waals surface area contributed by atoms with Gasteiger partial charge < -0.3 is 16.0 Å². The van der Waals surface area contributed by atoms with Crippen molar-refractivity contribution in [3.8, 4) is 9.88 Å². The van der Waals surface area contributed by atoms with E-state index in [-0.39, 0.29) is 18.4 Å². The summed E-state index contributed by atoms with van der Waals surface area (Å²) in [6.07, 6.45) is 0.235. The summed E-state index contributed by atoms with van der Waals surface area (Å²) in [5, 5.41) is 13.4. The fourth-order valence-electron chi connectivity index (χ4n) is 3.10. The van der Waals surface area contributed by atoms with E-state index < -0.39 is 0 Å². The van der Waals surface area contributed by atoms with E-state index in [1.807, 2.05) is 78.3 Å². The summed E-state index contributed by atoms with van der Waals surface area (Å²) in [5.41, 5.74) is 4.11. The number of hydrogen-bond acceptors (Lipinski definition) is 5. The van der Waals surface area contributed by atoms with Crippen molar-refractivity contribution in [3.63, 3.8) is 0 Å². The molecule has 0 bridgehead atoms. The minimum Gasteiger partial charge on any atom is -0.352 e. The van der Waals surface area contributed by atoms with E-state index in [0.717, 1.165) is 32.4 Å². The number of hydrogen-bond donors (Lipinski definition) is 3. The number of nitrogens with one attached hydrogen (secondary N) is 3. The number of carbonyl (C=O) groups excluding carboxylic acids is 2. The smallest absolute Gasteiger partial charge is 0.323 e. The van der Waals surface area contributed by atoms with Gasteiger partial charge in [0.25, 0.3) is 0 Å². The largest absolute Gasteiger partial charge is 0.352 e. The highest BCUT2D eigenvalue weighted by molar-refractivity contribution is 7.20. The van der Waals surface area contributed by atoms with Gasteiger partial charge in [0.2, 0.25) is 5.91 Å². The van der Waals surface area contributed by atoms with Crippen molar-refractivity contribution in [2.75, 3.05) is 10.6 Å². The van der Waals surface area contributed by atoms with Gasteiger partial charge in [0.1, 0.15) is 5.01 Å². The number of thiazole rings is 1. The second-order valence-corrected chi connectivity index (χ2v) is 9.03. The van der Waals surface area contributed by atoms with Crippen LogP contribution in [0.3, 0.4) is 0 Å². The molecule has 0 unspecified atom stereocenters. The third-order valence-electron chi connectivity index (χ3n) is 4.58. The van der Waals surface area contributed by atoms with Crippen LogP contribution in [-0.4, -0.2) is 16.9 Å². The average Bonchev–Trinajstić information content (AvgIpc) is 3.44.